The minimum atomic E-state index is -0.130. The number of hydrogen-bond acceptors (Lipinski definition) is 1. The molecule has 6 aromatic carbocycles. The van der Waals surface area contributed by atoms with Gasteiger partial charge in [0.05, 0.1) is 5.69 Å². The van der Waals surface area contributed by atoms with Crippen LogP contribution in [0.5, 0.6) is 0 Å². The maximum Gasteiger partial charge on any atom is 0.332 e. The summed E-state index contributed by atoms with van der Waals surface area (Å²) in [6.45, 7) is 9.63. The van der Waals surface area contributed by atoms with Crippen LogP contribution in [0.3, 0.4) is 0 Å². The predicted octanol–water partition coefficient (Wildman–Crippen LogP) is 9.18. The lowest BCUT2D eigenvalue weighted by Crippen LogP contribution is -2.56. The monoisotopic (exact) mass is 576 g/mol. The van der Waals surface area contributed by atoms with Crippen LogP contribution < -0.4 is 15.8 Å². The first-order valence-electron chi connectivity index (χ1n) is 16.2. The van der Waals surface area contributed by atoms with Crippen molar-refractivity contribution in [1.29, 1.82) is 0 Å². The van der Waals surface area contributed by atoms with Crippen molar-refractivity contribution in [1.82, 2.24) is 4.48 Å². The second-order valence-corrected chi connectivity index (χ2v) is 14.1. The summed E-state index contributed by atoms with van der Waals surface area (Å²) in [5, 5.41) is 2.65. The van der Waals surface area contributed by atoms with Crippen LogP contribution in [0.15, 0.2) is 127 Å². The van der Waals surface area contributed by atoms with Crippen LogP contribution in [-0.4, -0.2) is 11.3 Å². The molecule has 2 nitrogen and oxygen atoms in total. The van der Waals surface area contributed by atoms with Crippen molar-refractivity contribution >= 4 is 56.6 Å². The molecule has 3 heterocycles. The van der Waals surface area contributed by atoms with Gasteiger partial charge in [-0.2, -0.15) is 0 Å². The van der Waals surface area contributed by atoms with Crippen molar-refractivity contribution in [2.75, 3.05) is 4.90 Å². The van der Waals surface area contributed by atoms with E-state index in [1.54, 1.807) is 0 Å². The SMILES string of the molecule is CC1(C)c2ccccc2N2c3ccccc3B(n3c4ccccc4c4ccc5c(c43)C(C)(C)c3ccccc3-5)c3cccc1c32. The predicted molar refractivity (Wildman–Crippen MR) is 191 cm³/mol. The van der Waals surface area contributed by atoms with Gasteiger partial charge in [0, 0.05) is 44.0 Å². The van der Waals surface area contributed by atoms with E-state index < -0.39 is 0 Å². The zero-order chi connectivity index (χ0) is 30.2. The topological polar surface area (TPSA) is 8.17 Å². The summed E-state index contributed by atoms with van der Waals surface area (Å²) >= 11 is 0. The minimum Gasteiger partial charge on any atom is -0.376 e. The van der Waals surface area contributed by atoms with Crippen molar-refractivity contribution in [2.45, 2.75) is 38.5 Å². The quantitative estimate of drug-likeness (QED) is 0.177. The van der Waals surface area contributed by atoms with E-state index >= 15 is 0 Å². The second-order valence-electron chi connectivity index (χ2n) is 14.1. The second kappa shape index (κ2) is 8.37. The van der Waals surface area contributed by atoms with Crippen LogP contribution in [0.4, 0.5) is 17.1 Å². The van der Waals surface area contributed by atoms with Gasteiger partial charge in [-0.1, -0.05) is 137 Å². The first kappa shape index (κ1) is 25.3. The van der Waals surface area contributed by atoms with Gasteiger partial charge in [-0.3, -0.25) is 0 Å². The molecular formula is C42H33BN2. The fourth-order valence-electron chi connectivity index (χ4n) is 9.23. The Morgan fingerprint density at radius 1 is 0.489 bits per heavy atom. The maximum absolute atomic E-state index is 2.70. The van der Waals surface area contributed by atoms with E-state index in [2.05, 4.69) is 164 Å². The van der Waals surface area contributed by atoms with Gasteiger partial charge >= 0.3 is 6.85 Å². The number of hydrogen-bond donors (Lipinski definition) is 0. The lowest BCUT2D eigenvalue weighted by molar-refractivity contribution is 0.632. The molecule has 10 rings (SSSR count). The molecule has 0 unspecified atom stereocenters. The molecule has 3 aliphatic rings. The zero-order valence-electron chi connectivity index (χ0n) is 26.1. The first-order valence-corrected chi connectivity index (χ1v) is 16.2. The molecule has 0 fully saturated rings. The molecule has 2 aliphatic heterocycles. The van der Waals surface area contributed by atoms with E-state index in [1.165, 1.54) is 83.2 Å². The highest BCUT2D eigenvalue weighted by Gasteiger charge is 2.46. The molecule has 1 aliphatic carbocycles. The summed E-state index contributed by atoms with van der Waals surface area (Å²) in [7, 11) is 0. The van der Waals surface area contributed by atoms with Crippen molar-refractivity contribution in [3.8, 4) is 11.1 Å². The van der Waals surface area contributed by atoms with Crippen LogP contribution in [0.25, 0.3) is 32.9 Å². The summed E-state index contributed by atoms with van der Waals surface area (Å²) in [4.78, 5) is 2.55. The molecule has 0 N–H and O–H groups in total. The van der Waals surface area contributed by atoms with Gasteiger partial charge in [-0.25, -0.2) is 0 Å². The van der Waals surface area contributed by atoms with Crippen LogP contribution in [0, 0.1) is 0 Å². The lowest BCUT2D eigenvalue weighted by atomic mass is 9.46. The van der Waals surface area contributed by atoms with Gasteiger partial charge in [0.15, 0.2) is 0 Å². The number of benzene rings is 6. The number of fused-ring (bicyclic) bond motifs is 11. The number of nitrogens with zero attached hydrogens (tertiary/aromatic N) is 2. The van der Waals surface area contributed by atoms with Crippen molar-refractivity contribution in [2.24, 2.45) is 0 Å². The van der Waals surface area contributed by atoms with E-state index in [-0.39, 0.29) is 17.7 Å². The lowest BCUT2D eigenvalue weighted by Gasteiger charge is -2.47. The fraction of sp³-hybridized carbons (Fsp3) is 0.143. The Hall–Kier alpha value is -5.02. The summed E-state index contributed by atoms with van der Waals surface area (Å²) in [6, 6.07) is 48.0. The molecule has 7 aromatic rings. The minimum absolute atomic E-state index is 0.0156. The van der Waals surface area contributed by atoms with Gasteiger partial charge in [0.1, 0.15) is 0 Å². The summed E-state index contributed by atoms with van der Waals surface area (Å²) in [6.07, 6.45) is 0. The molecule has 0 radical (unpaired) electrons. The Kier molecular flexibility index (Phi) is 4.71. The van der Waals surface area contributed by atoms with Crippen molar-refractivity contribution in [3.05, 3.63) is 150 Å². The molecule has 0 saturated heterocycles. The highest BCUT2D eigenvalue weighted by molar-refractivity contribution is 6.88. The molecule has 45 heavy (non-hydrogen) atoms. The van der Waals surface area contributed by atoms with Gasteiger partial charge in [0.25, 0.3) is 0 Å². The third kappa shape index (κ3) is 2.97. The molecule has 0 atom stereocenters. The van der Waals surface area contributed by atoms with E-state index in [9.17, 15) is 0 Å². The Bertz CT molecular complexity index is 2410. The maximum atomic E-state index is 2.70. The summed E-state index contributed by atoms with van der Waals surface area (Å²) < 4.78 is 2.70. The standard InChI is InChI=1S/C42H33BN2/c1-41(2)31-17-8-11-22-36(31)44-37-23-12-9-19-33(37)43(34-20-13-18-32(41)40(34)44)45-35-21-10-6-15-27(35)29-25-24-28-26-14-5-7-16-30(26)42(3,4)38(28)39(29)45/h5-25H,1-4H3. The number of para-hydroxylation sites is 4. The Labute approximate surface area is 264 Å². The first-order chi connectivity index (χ1) is 21.9. The Morgan fingerprint density at radius 2 is 1.16 bits per heavy atom. The Balaban J connectivity index is 1.38. The average molecular weight is 577 g/mol. The molecule has 1 aromatic heterocycles. The van der Waals surface area contributed by atoms with Gasteiger partial charge in [0.2, 0.25) is 0 Å². The van der Waals surface area contributed by atoms with Crippen LogP contribution in [0.2, 0.25) is 0 Å². The summed E-state index contributed by atoms with van der Waals surface area (Å²) in [5.74, 6) is 0. The van der Waals surface area contributed by atoms with E-state index in [0.717, 1.165) is 0 Å². The molecular weight excluding hydrogens is 543 g/mol. The average Bonchev–Trinajstić information content (AvgIpc) is 3.51. The van der Waals surface area contributed by atoms with Crippen molar-refractivity contribution < 1.29 is 0 Å². The third-order valence-electron chi connectivity index (χ3n) is 11.2. The number of aromatic nitrogens is 1. The van der Waals surface area contributed by atoms with Gasteiger partial charge < -0.3 is 9.38 Å². The molecule has 0 bridgehead atoms. The summed E-state index contributed by atoms with van der Waals surface area (Å²) in [5.41, 5.74) is 17.3. The Morgan fingerprint density at radius 3 is 2.02 bits per heavy atom. The largest absolute Gasteiger partial charge is 0.376 e. The van der Waals surface area contributed by atoms with Crippen LogP contribution in [0.1, 0.15) is 49.9 Å². The van der Waals surface area contributed by atoms with Gasteiger partial charge in [-0.15, -0.1) is 0 Å². The molecule has 3 heteroatoms. The normalized spacial score (nSPS) is 16.3. The molecule has 0 amide bonds. The van der Waals surface area contributed by atoms with Crippen molar-refractivity contribution in [3.63, 3.8) is 0 Å². The van der Waals surface area contributed by atoms with Gasteiger partial charge in [-0.05, 0) is 62.5 Å². The number of anilines is 3. The number of rotatable bonds is 1. The van der Waals surface area contributed by atoms with E-state index in [0.29, 0.717) is 0 Å². The highest BCUT2D eigenvalue weighted by atomic mass is 15.2. The highest BCUT2D eigenvalue weighted by Crippen LogP contribution is 2.54. The zero-order valence-corrected chi connectivity index (χ0v) is 26.1. The van der Waals surface area contributed by atoms with Crippen LogP contribution >= 0.6 is 0 Å². The third-order valence-corrected chi connectivity index (χ3v) is 11.2. The molecule has 214 valence electrons. The van der Waals surface area contributed by atoms with E-state index in [1.807, 2.05) is 0 Å². The van der Waals surface area contributed by atoms with E-state index in [4.69, 9.17) is 0 Å². The van der Waals surface area contributed by atoms with Crippen LogP contribution in [-0.2, 0) is 10.8 Å². The smallest absolute Gasteiger partial charge is 0.332 e. The fourth-order valence-corrected chi connectivity index (χ4v) is 9.23. The molecule has 0 saturated carbocycles. The molecule has 0 spiro atoms.